The maximum atomic E-state index is 12.4. The summed E-state index contributed by atoms with van der Waals surface area (Å²) in [6, 6.07) is 2.55. The molecule has 1 N–H and O–H groups in total. The monoisotopic (exact) mass is 370 g/mol. The van der Waals surface area contributed by atoms with Crippen molar-refractivity contribution < 1.29 is 8.42 Å². The zero-order chi connectivity index (χ0) is 15.6. The Labute approximate surface area is 140 Å². The van der Waals surface area contributed by atoms with Gasteiger partial charge in [-0.1, -0.05) is 41.7 Å². The fourth-order valence-electron chi connectivity index (χ4n) is 2.36. The summed E-state index contributed by atoms with van der Waals surface area (Å²) in [6.45, 7) is 4.86. The van der Waals surface area contributed by atoms with E-state index in [9.17, 15) is 8.42 Å². The fraction of sp³-hybridized carbons (Fsp3) is 0.538. The minimum absolute atomic E-state index is 0.0310. The molecule has 0 atom stereocenters. The molecule has 1 aromatic rings. The van der Waals surface area contributed by atoms with Gasteiger partial charge in [0.1, 0.15) is 4.90 Å². The fourth-order valence-corrected chi connectivity index (χ4v) is 4.67. The first kappa shape index (κ1) is 17.3. The van der Waals surface area contributed by atoms with Crippen molar-refractivity contribution in [3.05, 3.63) is 27.2 Å². The van der Waals surface area contributed by atoms with Gasteiger partial charge in [-0.2, -0.15) is 0 Å². The van der Waals surface area contributed by atoms with Crippen molar-refractivity contribution in [3.8, 4) is 0 Å². The van der Waals surface area contributed by atoms with E-state index in [2.05, 4.69) is 16.5 Å². The third-order valence-electron chi connectivity index (χ3n) is 3.62. The average Bonchev–Trinajstić information content (AvgIpc) is 2.43. The van der Waals surface area contributed by atoms with E-state index < -0.39 is 10.0 Å². The molecule has 0 spiro atoms. The summed E-state index contributed by atoms with van der Waals surface area (Å²) >= 11 is 17.7. The van der Waals surface area contributed by atoms with E-state index >= 15 is 0 Å². The highest BCUT2D eigenvalue weighted by Crippen LogP contribution is 2.31. The first-order valence-corrected chi connectivity index (χ1v) is 9.34. The van der Waals surface area contributed by atoms with Gasteiger partial charge in [-0.15, -0.1) is 0 Å². The molecule has 0 aromatic heterocycles. The molecule has 1 heterocycles. The van der Waals surface area contributed by atoms with Gasteiger partial charge in [0.15, 0.2) is 0 Å². The molecule has 0 aliphatic carbocycles. The van der Waals surface area contributed by atoms with Crippen LogP contribution in [0.25, 0.3) is 0 Å². The zero-order valence-corrected chi connectivity index (χ0v) is 14.7. The van der Waals surface area contributed by atoms with Crippen LogP contribution in [0.4, 0.5) is 0 Å². The quantitative estimate of drug-likeness (QED) is 0.825. The number of rotatable bonds is 4. The van der Waals surface area contributed by atoms with Gasteiger partial charge in [0, 0.05) is 6.04 Å². The van der Waals surface area contributed by atoms with Crippen molar-refractivity contribution in [2.24, 2.45) is 0 Å². The van der Waals surface area contributed by atoms with Crippen molar-refractivity contribution in [1.82, 2.24) is 9.62 Å². The van der Waals surface area contributed by atoms with Gasteiger partial charge in [0.25, 0.3) is 0 Å². The Morgan fingerprint density at radius 3 is 2.29 bits per heavy atom. The summed E-state index contributed by atoms with van der Waals surface area (Å²) in [5.74, 6) is 0. The Morgan fingerprint density at radius 1 is 1.14 bits per heavy atom. The van der Waals surface area contributed by atoms with Crippen molar-refractivity contribution in [1.29, 1.82) is 0 Å². The summed E-state index contributed by atoms with van der Waals surface area (Å²) in [7, 11) is -3.70. The smallest absolute Gasteiger partial charge is 0.242 e. The Balaban J connectivity index is 2.14. The van der Waals surface area contributed by atoms with Gasteiger partial charge in [0.2, 0.25) is 10.0 Å². The molecule has 1 aliphatic rings. The van der Waals surface area contributed by atoms with Crippen LogP contribution in [0.3, 0.4) is 0 Å². The number of halogens is 3. The first-order chi connectivity index (χ1) is 9.83. The van der Waals surface area contributed by atoms with E-state index in [1.165, 1.54) is 12.1 Å². The number of benzene rings is 1. The summed E-state index contributed by atoms with van der Waals surface area (Å²) in [6.07, 6.45) is 1.57. The average molecular weight is 372 g/mol. The first-order valence-electron chi connectivity index (χ1n) is 6.72. The Hall–Kier alpha value is -0.0400. The lowest BCUT2D eigenvalue weighted by molar-refractivity contribution is 0.217. The van der Waals surface area contributed by atoms with Gasteiger partial charge in [-0.3, -0.25) is 0 Å². The molecule has 118 valence electrons. The van der Waals surface area contributed by atoms with Gasteiger partial charge in [-0.05, 0) is 44.6 Å². The molecular formula is C13H17Cl3N2O2S. The van der Waals surface area contributed by atoms with E-state index in [0.717, 1.165) is 32.5 Å². The van der Waals surface area contributed by atoms with Gasteiger partial charge >= 0.3 is 0 Å². The van der Waals surface area contributed by atoms with Gasteiger partial charge in [0.05, 0.1) is 15.1 Å². The number of sulfonamides is 1. The van der Waals surface area contributed by atoms with Crippen LogP contribution >= 0.6 is 34.8 Å². The van der Waals surface area contributed by atoms with Crippen LogP contribution in [0.1, 0.15) is 19.8 Å². The standard InChI is InChI=1S/C13H17Cl3N2O2S/c1-2-18-5-3-9(4-6-18)17-21(19,20)13-8-11(15)10(14)7-12(13)16/h7-9,17H,2-6H2,1H3. The highest BCUT2D eigenvalue weighted by Gasteiger charge is 2.26. The van der Waals surface area contributed by atoms with Crippen molar-refractivity contribution in [2.75, 3.05) is 19.6 Å². The molecule has 1 aliphatic heterocycles. The number of hydrogen-bond acceptors (Lipinski definition) is 3. The Bertz CT molecular complexity index is 614. The molecule has 21 heavy (non-hydrogen) atoms. The molecule has 0 radical (unpaired) electrons. The number of piperidine rings is 1. The second-order valence-corrected chi connectivity index (χ2v) is 7.93. The lowest BCUT2D eigenvalue weighted by atomic mass is 10.1. The molecule has 8 heteroatoms. The SMILES string of the molecule is CCN1CCC(NS(=O)(=O)c2cc(Cl)c(Cl)cc2Cl)CC1. The Morgan fingerprint density at radius 2 is 1.71 bits per heavy atom. The number of nitrogens with one attached hydrogen (secondary N) is 1. The Kier molecular flexibility index (Phi) is 5.79. The molecule has 0 saturated carbocycles. The van der Waals surface area contributed by atoms with Crippen molar-refractivity contribution in [3.63, 3.8) is 0 Å². The summed E-state index contributed by atoms with van der Waals surface area (Å²) in [5, 5.41) is 0.474. The number of likely N-dealkylation sites (tertiary alicyclic amines) is 1. The summed E-state index contributed by atoms with van der Waals surface area (Å²) in [5.41, 5.74) is 0. The van der Waals surface area contributed by atoms with E-state index in [1.54, 1.807) is 0 Å². The normalized spacial score (nSPS) is 18.1. The molecule has 1 fully saturated rings. The largest absolute Gasteiger partial charge is 0.303 e. The van der Waals surface area contributed by atoms with Crippen LogP contribution in [0.15, 0.2) is 17.0 Å². The number of nitrogens with zero attached hydrogens (tertiary/aromatic N) is 1. The minimum atomic E-state index is -3.70. The number of hydrogen-bond donors (Lipinski definition) is 1. The molecule has 0 amide bonds. The molecule has 1 saturated heterocycles. The maximum absolute atomic E-state index is 12.4. The topological polar surface area (TPSA) is 49.4 Å². The molecule has 0 bridgehead atoms. The van der Waals surface area contributed by atoms with Crippen molar-refractivity contribution >= 4 is 44.8 Å². The highest BCUT2D eigenvalue weighted by atomic mass is 35.5. The predicted octanol–water partition coefficient (Wildman–Crippen LogP) is 3.41. The van der Waals surface area contributed by atoms with Crippen LogP contribution < -0.4 is 4.72 Å². The van der Waals surface area contributed by atoms with Gasteiger partial charge < -0.3 is 4.90 Å². The maximum Gasteiger partial charge on any atom is 0.242 e. The minimum Gasteiger partial charge on any atom is -0.303 e. The third kappa shape index (κ3) is 4.24. The van der Waals surface area contributed by atoms with Crippen LogP contribution in [0.2, 0.25) is 15.1 Å². The highest BCUT2D eigenvalue weighted by molar-refractivity contribution is 7.89. The second kappa shape index (κ2) is 7.02. The molecule has 1 aromatic carbocycles. The summed E-state index contributed by atoms with van der Waals surface area (Å²) in [4.78, 5) is 2.26. The van der Waals surface area contributed by atoms with Gasteiger partial charge in [-0.25, -0.2) is 13.1 Å². The zero-order valence-electron chi connectivity index (χ0n) is 11.6. The van der Waals surface area contributed by atoms with Crippen molar-refractivity contribution in [2.45, 2.75) is 30.7 Å². The predicted molar refractivity (Wildman–Crippen MR) is 86.9 cm³/mol. The molecule has 2 rings (SSSR count). The second-order valence-electron chi connectivity index (χ2n) is 5.03. The van der Waals surface area contributed by atoms with E-state index in [-0.39, 0.29) is 26.0 Å². The van der Waals surface area contributed by atoms with Crippen LogP contribution in [-0.2, 0) is 10.0 Å². The lowest BCUT2D eigenvalue weighted by Gasteiger charge is -2.31. The lowest BCUT2D eigenvalue weighted by Crippen LogP contribution is -2.44. The molecule has 4 nitrogen and oxygen atoms in total. The van der Waals surface area contributed by atoms with Crippen LogP contribution in [0.5, 0.6) is 0 Å². The molecule has 0 unspecified atom stereocenters. The summed E-state index contributed by atoms with van der Waals surface area (Å²) < 4.78 is 27.6. The van der Waals surface area contributed by atoms with E-state index in [4.69, 9.17) is 34.8 Å². The molecular weight excluding hydrogens is 355 g/mol. The van der Waals surface area contributed by atoms with Crippen LogP contribution in [0, 0.1) is 0 Å². The van der Waals surface area contributed by atoms with Crippen LogP contribution in [-0.4, -0.2) is 39.0 Å². The van der Waals surface area contributed by atoms with E-state index in [1.807, 2.05) is 0 Å². The van der Waals surface area contributed by atoms with E-state index in [0.29, 0.717) is 0 Å². The third-order valence-corrected chi connectivity index (χ3v) is 6.33.